The summed E-state index contributed by atoms with van der Waals surface area (Å²) >= 11 is 0. The van der Waals surface area contributed by atoms with Crippen molar-refractivity contribution in [2.24, 2.45) is 0 Å². The number of hydrogen-bond acceptors (Lipinski definition) is 1. The summed E-state index contributed by atoms with van der Waals surface area (Å²) in [6.07, 6.45) is 2.49. The molecule has 0 amide bonds. The van der Waals surface area contributed by atoms with Gasteiger partial charge in [0.2, 0.25) is 0 Å². The number of unbranched alkanes of at least 4 members (excludes halogenated alkanes) is 1. The smallest absolute Gasteiger partial charge is 0.0372 e. The summed E-state index contributed by atoms with van der Waals surface area (Å²) < 4.78 is 0. The number of nitrogens with one attached hydrogen (secondary N) is 1. The van der Waals surface area contributed by atoms with Gasteiger partial charge in [-0.25, -0.2) is 0 Å². The Bertz CT molecular complexity index is 266. The molecule has 0 bridgehead atoms. The van der Waals surface area contributed by atoms with Gasteiger partial charge in [-0.3, -0.25) is 0 Å². The van der Waals surface area contributed by atoms with Crippen molar-refractivity contribution in [3.05, 3.63) is 29.3 Å². The lowest BCUT2D eigenvalue weighted by molar-refractivity contribution is 0.833. The highest BCUT2D eigenvalue weighted by molar-refractivity contribution is 5.52. The minimum atomic E-state index is 1.08. The van der Waals surface area contributed by atoms with Gasteiger partial charge in [0, 0.05) is 12.2 Å². The summed E-state index contributed by atoms with van der Waals surface area (Å²) in [5.74, 6) is 0. The van der Waals surface area contributed by atoms with Gasteiger partial charge in [0.15, 0.2) is 0 Å². The molecule has 0 aliphatic carbocycles. The van der Waals surface area contributed by atoms with Gasteiger partial charge in [-0.15, -0.1) is 0 Å². The molecule has 0 saturated heterocycles. The fourth-order valence-electron chi connectivity index (χ4n) is 1.33. The van der Waals surface area contributed by atoms with Crippen molar-refractivity contribution in [1.29, 1.82) is 0 Å². The highest BCUT2D eigenvalue weighted by atomic mass is 14.9. The molecule has 0 aliphatic rings. The first-order valence-electron chi connectivity index (χ1n) is 5.05. The second kappa shape index (κ2) is 4.90. The minimum Gasteiger partial charge on any atom is -0.385 e. The molecule has 0 radical (unpaired) electrons. The lowest BCUT2D eigenvalue weighted by Crippen LogP contribution is -2.02. The average Bonchev–Trinajstić information content (AvgIpc) is 2.11. The predicted molar refractivity (Wildman–Crippen MR) is 59.3 cm³/mol. The van der Waals surface area contributed by atoms with Crippen LogP contribution in [-0.2, 0) is 0 Å². The van der Waals surface area contributed by atoms with Crippen LogP contribution in [0.5, 0.6) is 0 Å². The van der Waals surface area contributed by atoms with Crippen molar-refractivity contribution in [2.45, 2.75) is 33.6 Å². The summed E-state index contributed by atoms with van der Waals surface area (Å²) in [4.78, 5) is 0. The monoisotopic (exact) mass is 177 g/mol. The lowest BCUT2D eigenvalue weighted by Gasteiger charge is -2.09. The van der Waals surface area contributed by atoms with Gasteiger partial charge in [0.25, 0.3) is 0 Å². The Balaban J connectivity index is 2.59. The van der Waals surface area contributed by atoms with E-state index in [1.165, 1.54) is 29.7 Å². The minimum absolute atomic E-state index is 1.08. The Morgan fingerprint density at radius 3 is 2.69 bits per heavy atom. The van der Waals surface area contributed by atoms with E-state index in [4.69, 9.17) is 0 Å². The van der Waals surface area contributed by atoms with Crippen molar-refractivity contribution in [1.82, 2.24) is 0 Å². The van der Waals surface area contributed by atoms with E-state index >= 15 is 0 Å². The Morgan fingerprint density at radius 1 is 1.23 bits per heavy atom. The van der Waals surface area contributed by atoms with E-state index < -0.39 is 0 Å². The second-order valence-corrected chi connectivity index (χ2v) is 3.60. The topological polar surface area (TPSA) is 12.0 Å². The van der Waals surface area contributed by atoms with Gasteiger partial charge in [-0.2, -0.15) is 0 Å². The predicted octanol–water partition coefficient (Wildman–Crippen LogP) is 3.52. The summed E-state index contributed by atoms with van der Waals surface area (Å²) in [5.41, 5.74) is 3.94. The zero-order valence-corrected chi connectivity index (χ0v) is 8.85. The fraction of sp³-hybridized carbons (Fsp3) is 0.500. The molecule has 0 saturated carbocycles. The van der Waals surface area contributed by atoms with Crippen LogP contribution in [0.15, 0.2) is 18.2 Å². The van der Waals surface area contributed by atoms with Crippen LogP contribution in [0.4, 0.5) is 5.69 Å². The number of benzene rings is 1. The van der Waals surface area contributed by atoms with Crippen LogP contribution in [0.1, 0.15) is 30.9 Å². The molecule has 1 N–H and O–H groups in total. The van der Waals surface area contributed by atoms with E-state index in [0.717, 1.165) is 6.54 Å². The Labute approximate surface area is 81.2 Å². The van der Waals surface area contributed by atoms with Crippen LogP contribution in [0.3, 0.4) is 0 Å². The highest BCUT2D eigenvalue weighted by Gasteiger charge is 1.96. The van der Waals surface area contributed by atoms with Gasteiger partial charge < -0.3 is 5.32 Å². The molecule has 0 fully saturated rings. The summed E-state index contributed by atoms with van der Waals surface area (Å²) in [7, 11) is 0. The van der Waals surface area contributed by atoms with E-state index in [1.54, 1.807) is 0 Å². The molecule has 0 unspecified atom stereocenters. The molecule has 1 nitrogen and oxygen atoms in total. The number of anilines is 1. The molecule has 72 valence electrons. The third kappa shape index (κ3) is 3.10. The molecule has 0 aliphatic heterocycles. The van der Waals surface area contributed by atoms with E-state index in [1.807, 2.05) is 0 Å². The van der Waals surface area contributed by atoms with Gasteiger partial charge >= 0.3 is 0 Å². The van der Waals surface area contributed by atoms with E-state index in [0.29, 0.717) is 0 Å². The second-order valence-electron chi connectivity index (χ2n) is 3.60. The lowest BCUT2D eigenvalue weighted by atomic mass is 10.1. The molecule has 1 heteroatoms. The summed E-state index contributed by atoms with van der Waals surface area (Å²) in [6.45, 7) is 7.57. The first kappa shape index (κ1) is 10.1. The molecular weight excluding hydrogens is 158 g/mol. The van der Waals surface area contributed by atoms with Crippen LogP contribution in [0.2, 0.25) is 0 Å². The largest absolute Gasteiger partial charge is 0.385 e. The van der Waals surface area contributed by atoms with E-state index in [-0.39, 0.29) is 0 Å². The highest BCUT2D eigenvalue weighted by Crippen LogP contribution is 2.16. The van der Waals surface area contributed by atoms with Crippen LogP contribution >= 0.6 is 0 Å². The van der Waals surface area contributed by atoms with Crippen LogP contribution in [0.25, 0.3) is 0 Å². The average molecular weight is 177 g/mol. The van der Waals surface area contributed by atoms with Crippen LogP contribution in [-0.4, -0.2) is 6.54 Å². The number of rotatable bonds is 4. The maximum atomic E-state index is 3.45. The maximum absolute atomic E-state index is 3.45. The zero-order chi connectivity index (χ0) is 9.68. The molecule has 0 atom stereocenters. The van der Waals surface area contributed by atoms with Gasteiger partial charge in [-0.05, 0) is 37.5 Å². The van der Waals surface area contributed by atoms with E-state index in [9.17, 15) is 0 Å². The first-order chi connectivity index (χ1) is 6.24. The van der Waals surface area contributed by atoms with Gasteiger partial charge in [-0.1, -0.05) is 25.5 Å². The quantitative estimate of drug-likeness (QED) is 0.694. The zero-order valence-electron chi connectivity index (χ0n) is 8.85. The Hall–Kier alpha value is -0.980. The van der Waals surface area contributed by atoms with Crippen LogP contribution in [0, 0.1) is 13.8 Å². The normalized spacial score (nSPS) is 10.1. The SMILES string of the molecule is CCCCNc1cc(C)ccc1C. The van der Waals surface area contributed by atoms with Crippen molar-refractivity contribution < 1.29 is 0 Å². The molecule has 13 heavy (non-hydrogen) atoms. The fourth-order valence-corrected chi connectivity index (χ4v) is 1.33. The van der Waals surface area contributed by atoms with Crippen molar-refractivity contribution in [2.75, 3.05) is 11.9 Å². The van der Waals surface area contributed by atoms with Crippen molar-refractivity contribution in [3.63, 3.8) is 0 Å². The Kier molecular flexibility index (Phi) is 3.81. The summed E-state index contributed by atoms with van der Waals surface area (Å²) in [6, 6.07) is 6.54. The molecule has 0 spiro atoms. The molecule has 1 aromatic rings. The van der Waals surface area contributed by atoms with Crippen molar-refractivity contribution >= 4 is 5.69 Å². The molecule has 1 rings (SSSR count). The van der Waals surface area contributed by atoms with Gasteiger partial charge in [0.05, 0.1) is 0 Å². The Morgan fingerprint density at radius 2 is 2.00 bits per heavy atom. The molecular formula is C12H19N. The van der Waals surface area contributed by atoms with Gasteiger partial charge in [0.1, 0.15) is 0 Å². The number of hydrogen-bond donors (Lipinski definition) is 1. The van der Waals surface area contributed by atoms with Crippen molar-refractivity contribution in [3.8, 4) is 0 Å². The molecule has 0 heterocycles. The van der Waals surface area contributed by atoms with E-state index in [2.05, 4.69) is 44.3 Å². The first-order valence-corrected chi connectivity index (χ1v) is 5.05. The maximum Gasteiger partial charge on any atom is 0.0372 e. The third-order valence-electron chi connectivity index (χ3n) is 2.24. The van der Waals surface area contributed by atoms with Crippen LogP contribution < -0.4 is 5.32 Å². The molecule has 1 aromatic carbocycles. The standard InChI is InChI=1S/C12H19N/c1-4-5-8-13-12-9-10(2)6-7-11(12)3/h6-7,9,13H,4-5,8H2,1-3H3. The third-order valence-corrected chi connectivity index (χ3v) is 2.24. The summed E-state index contributed by atoms with van der Waals surface area (Å²) in [5, 5.41) is 3.45. The molecule has 0 aromatic heterocycles. The number of aryl methyl sites for hydroxylation is 2.